The molecule has 0 saturated carbocycles. The van der Waals surface area contributed by atoms with Crippen molar-refractivity contribution in [1.29, 1.82) is 0 Å². The van der Waals surface area contributed by atoms with E-state index in [1.54, 1.807) is 46.9 Å². The molecule has 2 amide bonds. The third-order valence-electron chi connectivity index (χ3n) is 6.40. The van der Waals surface area contributed by atoms with Crippen LogP contribution in [-0.4, -0.2) is 61.3 Å². The Labute approximate surface area is 235 Å². The Morgan fingerprint density at radius 2 is 1.87 bits per heavy atom. The van der Waals surface area contributed by atoms with Gasteiger partial charge in [0, 0.05) is 36.3 Å². The number of ether oxygens (including phenoxy) is 2. The first kappa shape index (κ1) is 27.0. The van der Waals surface area contributed by atoms with E-state index in [4.69, 9.17) is 14.6 Å². The minimum atomic E-state index is -0.228. The lowest BCUT2D eigenvalue weighted by Gasteiger charge is -2.23. The highest BCUT2D eigenvalue weighted by Crippen LogP contribution is 2.49. The molecule has 5 rings (SSSR count). The van der Waals surface area contributed by atoms with Gasteiger partial charge in [-0.2, -0.15) is 5.10 Å². The molecule has 0 aliphatic carbocycles. The summed E-state index contributed by atoms with van der Waals surface area (Å²) >= 11 is 3.22. The highest BCUT2D eigenvalue weighted by Gasteiger charge is 2.38. The number of fused-ring (bicyclic) bond motifs is 1. The number of thioether (sulfide) groups is 1. The summed E-state index contributed by atoms with van der Waals surface area (Å²) in [4.78, 5) is 29.5. The van der Waals surface area contributed by atoms with E-state index in [2.05, 4.69) is 11.4 Å². The number of aromatic nitrogens is 2. The Kier molecular flexibility index (Phi) is 8.65. The first-order valence-electron chi connectivity index (χ1n) is 12.6. The van der Waals surface area contributed by atoms with Gasteiger partial charge in [0.25, 0.3) is 0 Å². The van der Waals surface area contributed by atoms with Gasteiger partial charge >= 0.3 is 0 Å². The van der Waals surface area contributed by atoms with Crippen LogP contribution < -0.4 is 15.0 Å². The fourth-order valence-corrected chi connectivity index (χ4v) is 6.72. The van der Waals surface area contributed by atoms with Crippen molar-refractivity contribution in [3.63, 3.8) is 0 Å². The summed E-state index contributed by atoms with van der Waals surface area (Å²) in [6.07, 6.45) is 0.694. The van der Waals surface area contributed by atoms with Crippen molar-refractivity contribution >= 4 is 40.7 Å². The van der Waals surface area contributed by atoms with Crippen LogP contribution in [0.4, 0.5) is 5.82 Å². The van der Waals surface area contributed by atoms with Crippen molar-refractivity contribution in [2.24, 2.45) is 0 Å². The van der Waals surface area contributed by atoms with Crippen LogP contribution in [0.3, 0.4) is 0 Å². The normalized spacial score (nSPS) is 15.1. The van der Waals surface area contributed by atoms with E-state index < -0.39 is 0 Å². The summed E-state index contributed by atoms with van der Waals surface area (Å²) in [6, 6.07) is 21.6. The standard InChI is InChI=1S/C29H30N4O4S2/c1-36-16-7-15-30-24(34)18-32-25(35)19-39-28(23-10-6-17-38-23)26-27(20-8-4-3-5-9-20)31-33(29(26)32)21-11-13-22(37-2)14-12-21/h3-6,8-14,17,28H,7,15-16,18-19H2,1-2H3,(H,30,34). The molecule has 202 valence electrons. The smallest absolute Gasteiger partial charge is 0.240 e. The second-order valence-corrected chi connectivity index (χ2v) is 11.0. The van der Waals surface area contributed by atoms with Crippen LogP contribution in [-0.2, 0) is 14.3 Å². The molecule has 1 atom stereocenters. The Morgan fingerprint density at radius 1 is 1.08 bits per heavy atom. The van der Waals surface area contributed by atoms with Crippen molar-refractivity contribution in [2.45, 2.75) is 11.7 Å². The van der Waals surface area contributed by atoms with E-state index in [0.29, 0.717) is 25.4 Å². The Morgan fingerprint density at radius 3 is 2.56 bits per heavy atom. The second kappa shape index (κ2) is 12.5. The zero-order chi connectivity index (χ0) is 27.2. The van der Waals surface area contributed by atoms with Crippen molar-refractivity contribution in [3.05, 3.63) is 82.6 Å². The summed E-state index contributed by atoms with van der Waals surface area (Å²) in [5, 5.41) is 9.94. The van der Waals surface area contributed by atoms with Gasteiger partial charge in [0.05, 0.1) is 29.5 Å². The number of hydrogen-bond donors (Lipinski definition) is 1. The molecule has 39 heavy (non-hydrogen) atoms. The summed E-state index contributed by atoms with van der Waals surface area (Å²) in [5.74, 6) is 1.20. The second-order valence-electron chi connectivity index (χ2n) is 8.94. The van der Waals surface area contributed by atoms with Crippen LogP contribution in [0.15, 0.2) is 72.1 Å². The fraction of sp³-hybridized carbons (Fsp3) is 0.276. The van der Waals surface area contributed by atoms with Crippen LogP contribution in [0.2, 0.25) is 0 Å². The van der Waals surface area contributed by atoms with E-state index in [1.165, 1.54) is 0 Å². The van der Waals surface area contributed by atoms with Crippen LogP contribution in [0.25, 0.3) is 16.9 Å². The van der Waals surface area contributed by atoms with Crippen LogP contribution in [0.1, 0.15) is 22.1 Å². The maximum absolute atomic E-state index is 13.7. The first-order chi connectivity index (χ1) is 19.1. The zero-order valence-corrected chi connectivity index (χ0v) is 23.5. The third kappa shape index (κ3) is 5.88. The van der Waals surface area contributed by atoms with Gasteiger partial charge in [0.15, 0.2) is 0 Å². The predicted octanol–water partition coefficient (Wildman–Crippen LogP) is 4.93. The third-order valence-corrected chi connectivity index (χ3v) is 8.73. The minimum Gasteiger partial charge on any atom is -0.497 e. The quantitative estimate of drug-likeness (QED) is 0.276. The molecule has 1 aliphatic rings. The van der Waals surface area contributed by atoms with Crippen LogP contribution in [0.5, 0.6) is 5.75 Å². The molecule has 1 aliphatic heterocycles. The SMILES string of the molecule is COCCCNC(=O)CN1C(=O)CSC(c2cccs2)c2c(-c3ccccc3)nn(-c3ccc(OC)cc3)c21. The lowest BCUT2D eigenvalue weighted by molar-refractivity contribution is -0.122. The number of thiophene rings is 1. The minimum absolute atomic E-state index is 0.105. The van der Waals surface area contributed by atoms with Crippen molar-refractivity contribution in [1.82, 2.24) is 15.1 Å². The molecule has 2 aromatic heterocycles. The highest BCUT2D eigenvalue weighted by atomic mass is 32.2. The average molecular weight is 563 g/mol. The van der Waals surface area contributed by atoms with Gasteiger partial charge in [-0.25, -0.2) is 4.68 Å². The Hall–Kier alpha value is -3.60. The van der Waals surface area contributed by atoms with Gasteiger partial charge in [-0.1, -0.05) is 36.4 Å². The van der Waals surface area contributed by atoms with Crippen LogP contribution >= 0.6 is 23.1 Å². The molecular weight excluding hydrogens is 532 g/mol. The number of hydrogen-bond acceptors (Lipinski definition) is 7. The molecule has 2 aromatic carbocycles. The molecule has 10 heteroatoms. The molecule has 0 radical (unpaired) electrons. The summed E-state index contributed by atoms with van der Waals surface area (Å²) in [6.45, 7) is 0.921. The lowest BCUT2D eigenvalue weighted by atomic mass is 10.0. The maximum Gasteiger partial charge on any atom is 0.240 e. The van der Waals surface area contributed by atoms with Crippen molar-refractivity contribution in [3.8, 4) is 22.7 Å². The molecule has 0 fully saturated rings. The van der Waals surface area contributed by atoms with E-state index in [1.807, 2.05) is 66.0 Å². The molecule has 4 aromatic rings. The Bertz CT molecular complexity index is 1410. The summed E-state index contributed by atoms with van der Waals surface area (Å²) < 4.78 is 12.2. The van der Waals surface area contributed by atoms with Gasteiger partial charge in [-0.3, -0.25) is 14.5 Å². The largest absolute Gasteiger partial charge is 0.497 e. The van der Waals surface area contributed by atoms with Crippen molar-refractivity contribution in [2.75, 3.05) is 44.6 Å². The topological polar surface area (TPSA) is 85.7 Å². The summed E-state index contributed by atoms with van der Waals surface area (Å²) in [7, 11) is 3.25. The number of carbonyl (C=O) groups excluding carboxylic acids is 2. The van der Waals surface area contributed by atoms with Gasteiger partial charge in [-0.05, 0) is 42.1 Å². The molecule has 0 saturated heterocycles. The van der Waals surface area contributed by atoms with Gasteiger partial charge < -0.3 is 14.8 Å². The van der Waals surface area contributed by atoms with Gasteiger partial charge in [0.1, 0.15) is 18.1 Å². The molecule has 0 bridgehead atoms. The Balaban J connectivity index is 1.68. The van der Waals surface area contributed by atoms with E-state index in [0.717, 1.165) is 33.1 Å². The van der Waals surface area contributed by atoms with E-state index in [-0.39, 0.29) is 29.4 Å². The van der Waals surface area contributed by atoms with Crippen molar-refractivity contribution < 1.29 is 19.1 Å². The number of benzene rings is 2. The number of methoxy groups -OCH3 is 2. The van der Waals surface area contributed by atoms with E-state index in [9.17, 15) is 9.59 Å². The monoisotopic (exact) mass is 562 g/mol. The number of amides is 2. The molecule has 1 N–H and O–H groups in total. The maximum atomic E-state index is 13.7. The molecule has 0 spiro atoms. The number of anilines is 1. The first-order valence-corrected chi connectivity index (χ1v) is 14.6. The molecule has 8 nitrogen and oxygen atoms in total. The zero-order valence-electron chi connectivity index (χ0n) is 21.8. The fourth-order valence-electron chi connectivity index (χ4n) is 4.54. The number of rotatable bonds is 10. The van der Waals surface area contributed by atoms with E-state index >= 15 is 0 Å². The molecule has 3 heterocycles. The number of nitrogens with zero attached hydrogens (tertiary/aromatic N) is 3. The average Bonchev–Trinajstić information content (AvgIpc) is 3.61. The van der Waals surface area contributed by atoms with Gasteiger partial charge in [-0.15, -0.1) is 23.1 Å². The number of nitrogens with one attached hydrogen (secondary N) is 1. The predicted molar refractivity (Wildman–Crippen MR) is 156 cm³/mol. The molecular formula is C29H30N4O4S2. The van der Waals surface area contributed by atoms with Gasteiger partial charge in [0.2, 0.25) is 11.8 Å². The summed E-state index contributed by atoms with van der Waals surface area (Å²) in [5.41, 5.74) is 3.42. The molecule has 1 unspecified atom stereocenters. The van der Waals surface area contributed by atoms with Crippen LogP contribution in [0, 0.1) is 0 Å². The highest BCUT2D eigenvalue weighted by molar-refractivity contribution is 8.00. The lowest BCUT2D eigenvalue weighted by Crippen LogP contribution is -2.42. The number of carbonyl (C=O) groups is 2.